The number of hydrogen-bond donors (Lipinski definition) is 1. The minimum absolute atomic E-state index is 0.0598. The lowest BCUT2D eigenvalue weighted by molar-refractivity contribution is -0.153. The Kier molecular flexibility index (Phi) is 5.08. The molecule has 1 aliphatic heterocycles. The molecule has 116 valence electrons. The minimum atomic E-state index is -0.499. The molecular formula is C16H30N2O2. The highest BCUT2D eigenvalue weighted by Gasteiger charge is 2.52. The molecule has 0 amide bonds. The number of rotatable bonds is 6. The number of likely N-dealkylation sites (N-methyl/N-ethyl adjacent to an activating group) is 1. The van der Waals surface area contributed by atoms with Crippen molar-refractivity contribution in [2.45, 2.75) is 58.0 Å². The zero-order valence-electron chi connectivity index (χ0n) is 13.4. The summed E-state index contributed by atoms with van der Waals surface area (Å²) in [6, 6.07) is 0.546. The summed E-state index contributed by atoms with van der Waals surface area (Å²) in [5.41, 5.74) is -0.499. The molecule has 1 N–H and O–H groups in total. The second kappa shape index (κ2) is 6.44. The lowest BCUT2D eigenvalue weighted by atomic mass is 9.87. The number of piperidine rings is 1. The van der Waals surface area contributed by atoms with E-state index in [0.29, 0.717) is 24.5 Å². The molecule has 0 aromatic carbocycles. The van der Waals surface area contributed by atoms with Crippen LogP contribution in [0.2, 0.25) is 0 Å². The van der Waals surface area contributed by atoms with Crippen molar-refractivity contribution in [2.24, 2.45) is 11.8 Å². The summed E-state index contributed by atoms with van der Waals surface area (Å²) in [7, 11) is 1.91. The first-order valence-corrected chi connectivity index (χ1v) is 8.15. The van der Waals surface area contributed by atoms with Crippen LogP contribution in [0.25, 0.3) is 0 Å². The van der Waals surface area contributed by atoms with E-state index in [9.17, 15) is 4.79 Å². The second-order valence-corrected chi connectivity index (χ2v) is 6.55. The van der Waals surface area contributed by atoms with Gasteiger partial charge in [-0.2, -0.15) is 0 Å². The van der Waals surface area contributed by atoms with E-state index in [1.807, 2.05) is 14.0 Å². The molecule has 4 nitrogen and oxygen atoms in total. The van der Waals surface area contributed by atoms with E-state index in [-0.39, 0.29) is 5.97 Å². The van der Waals surface area contributed by atoms with Crippen molar-refractivity contribution in [2.75, 3.05) is 26.7 Å². The maximum Gasteiger partial charge on any atom is 0.327 e. The van der Waals surface area contributed by atoms with Gasteiger partial charge >= 0.3 is 5.97 Å². The van der Waals surface area contributed by atoms with Crippen LogP contribution in [0.4, 0.5) is 0 Å². The monoisotopic (exact) mass is 282 g/mol. The molecule has 2 aliphatic rings. The molecule has 1 saturated carbocycles. The number of likely N-dealkylation sites (tertiary alicyclic amines) is 1. The minimum Gasteiger partial charge on any atom is -0.465 e. The van der Waals surface area contributed by atoms with Crippen LogP contribution in [0.5, 0.6) is 0 Å². The van der Waals surface area contributed by atoms with Gasteiger partial charge in [-0.1, -0.05) is 6.92 Å². The molecule has 2 fully saturated rings. The predicted octanol–water partition coefficient (Wildman–Crippen LogP) is 2.04. The maximum absolute atomic E-state index is 12.5. The van der Waals surface area contributed by atoms with Crippen molar-refractivity contribution in [3.63, 3.8) is 0 Å². The van der Waals surface area contributed by atoms with Gasteiger partial charge in [0.25, 0.3) is 0 Å². The number of nitrogens with zero attached hydrogens (tertiary/aromatic N) is 1. The average Bonchev–Trinajstić information content (AvgIpc) is 3.26. The van der Waals surface area contributed by atoms with E-state index in [0.717, 1.165) is 25.9 Å². The molecule has 0 spiro atoms. The van der Waals surface area contributed by atoms with Crippen LogP contribution in [-0.2, 0) is 9.53 Å². The summed E-state index contributed by atoms with van der Waals surface area (Å²) in [6.07, 6.45) is 4.81. The Morgan fingerprint density at radius 1 is 1.35 bits per heavy atom. The van der Waals surface area contributed by atoms with Gasteiger partial charge in [-0.3, -0.25) is 4.90 Å². The Balaban J connectivity index is 2.12. The van der Waals surface area contributed by atoms with Crippen LogP contribution in [0.15, 0.2) is 0 Å². The van der Waals surface area contributed by atoms with Crippen molar-refractivity contribution in [3.05, 3.63) is 0 Å². The van der Waals surface area contributed by atoms with E-state index < -0.39 is 5.54 Å². The van der Waals surface area contributed by atoms with E-state index in [1.165, 1.54) is 12.8 Å². The van der Waals surface area contributed by atoms with Gasteiger partial charge in [0.05, 0.1) is 6.61 Å². The lowest BCUT2D eigenvalue weighted by Gasteiger charge is -2.43. The fourth-order valence-corrected chi connectivity index (χ4v) is 3.55. The summed E-state index contributed by atoms with van der Waals surface area (Å²) in [6.45, 7) is 8.85. The lowest BCUT2D eigenvalue weighted by Crippen LogP contribution is -2.62. The summed E-state index contributed by atoms with van der Waals surface area (Å²) >= 11 is 0. The molecule has 0 radical (unpaired) electrons. The highest BCUT2D eigenvalue weighted by molar-refractivity contribution is 5.82. The summed E-state index contributed by atoms with van der Waals surface area (Å²) < 4.78 is 5.38. The molecule has 1 heterocycles. The average molecular weight is 282 g/mol. The Hall–Kier alpha value is -0.610. The van der Waals surface area contributed by atoms with Gasteiger partial charge in [-0.05, 0) is 65.0 Å². The fraction of sp³-hybridized carbons (Fsp3) is 0.938. The molecule has 0 bridgehead atoms. The van der Waals surface area contributed by atoms with Crippen molar-refractivity contribution in [1.29, 1.82) is 0 Å². The Bertz CT molecular complexity index is 343. The first-order chi connectivity index (χ1) is 9.55. The molecule has 1 saturated heterocycles. The summed E-state index contributed by atoms with van der Waals surface area (Å²) in [5, 5.41) is 3.33. The highest BCUT2D eigenvalue weighted by atomic mass is 16.5. The standard InChI is InChI=1S/C16H30N2O2/c1-5-20-15(19)16(17-4,14-8-9-14)11-18-10-6-7-12(2)13(18)3/h12-14,17H,5-11H2,1-4H3. The van der Waals surface area contributed by atoms with E-state index in [1.54, 1.807) is 0 Å². The molecule has 2 rings (SSSR count). The molecular weight excluding hydrogens is 252 g/mol. The van der Waals surface area contributed by atoms with Crippen LogP contribution < -0.4 is 5.32 Å². The van der Waals surface area contributed by atoms with Crippen molar-refractivity contribution >= 4 is 5.97 Å². The predicted molar refractivity (Wildman–Crippen MR) is 80.6 cm³/mol. The van der Waals surface area contributed by atoms with Gasteiger partial charge in [-0.25, -0.2) is 4.79 Å². The Labute approximate surface area is 123 Å². The fourth-order valence-electron chi connectivity index (χ4n) is 3.55. The van der Waals surface area contributed by atoms with Crippen LogP contribution >= 0.6 is 0 Å². The third-order valence-electron chi connectivity index (χ3n) is 5.32. The molecule has 3 atom stereocenters. The van der Waals surface area contributed by atoms with Crippen LogP contribution in [-0.4, -0.2) is 49.2 Å². The van der Waals surface area contributed by atoms with Crippen LogP contribution in [0.1, 0.15) is 46.5 Å². The first-order valence-electron chi connectivity index (χ1n) is 8.15. The van der Waals surface area contributed by atoms with Crippen molar-refractivity contribution in [3.8, 4) is 0 Å². The SMILES string of the molecule is CCOC(=O)C(CN1CCCC(C)C1C)(NC)C1CC1. The Morgan fingerprint density at radius 2 is 2.05 bits per heavy atom. The summed E-state index contributed by atoms with van der Waals surface area (Å²) in [4.78, 5) is 15.0. The van der Waals surface area contributed by atoms with Gasteiger partial charge < -0.3 is 10.1 Å². The molecule has 0 aromatic rings. The zero-order chi connectivity index (χ0) is 14.8. The zero-order valence-corrected chi connectivity index (χ0v) is 13.4. The second-order valence-electron chi connectivity index (χ2n) is 6.55. The number of carbonyl (C=O) groups is 1. The van der Waals surface area contributed by atoms with Crippen LogP contribution in [0, 0.1) is 11.8 Å². The number of esters is 1. The normalized spacial score (nSPS) is 30.8. The quantitative estimate of drug-likeness (QED) is 0.757. The molecule has 1 aliphatic carbocycles. The van der Waals surface area contributed by atoms with E-state index >= 15 is 0 Å². The largest absolute Gasteiger partial charge is 0.465 e. The van der Waals surface area contributed by atoms with Crippen molar-refractivity contribution in [1.82, 2.24) is 10.2 Å². The van der Waals surface area contributed by atoms with Crippen LogP contribution in [0.3, 0.4) is 0 Å². The third-order valence-corrected chi connectivity index (χ3v) is 5.32. The first kappa shape index (κ1) is 15.8. The molecule has 0 aromatic heterocycles. The van der Waals surface area contributed by atoms with Gasteiger partial charge in [0.15, 0.2) is 0 Å². The van der Waals surface area contributed by atoms with Gasteiger partial charge in [0.1, 0.15) is 5.54 Å². The molecule has 3 unspecified atom stereocenters. The van der Waals surface area contributed by atoms with Gasteiger partial charge in [0.2, 0.25) is 0 Å². The number of hydrogen-bond acceptors (Lipinski definition) is 4. The number of carbonyl (C=O) groups excluding carboxylic acids is 1. The number of nitrogens with one attached hydrogen (secondary N) is 1. The summed E-state index contributed by atoms with van der Waals surface area (Å²) in [5.74, 6) is 1.09. The maximum atomic E-state index is 12.5. The smallest absolute Gasteiger partial charge is 0.327 e. The van der Waals surface area contributed by atoms with E-state index in [2.05, 4.69) is 24.1 Å². The van der Waals surface area contributed by atoms with E-state index in [4.69, 9.17) is 4.74 Å². The van der Waals surface area contributed by atoms with Crippen molar-refractivity contribution < 1.29 is 9.53 Å². The molecule has 4 heteroatoms. The third kappa shape index (κ3) is 3.01. The van der Waals surface area contributed by atoms with Gasteiger partial charge in [0, 0.05) is 12.6 Å². The Morgan fingerprint density at radius 3 is 2.60 bits per heavy atom. The highest BCUT2D eigenvalue weighted by Crippen LogP contribution is 2.41. The number of ether oxygens (including phenoxy) is 1. The topological polar surface area (TPSA) is 41.6 Å². The molecule has 20 heavy (non-hydrogen) atoms. The van der Waals surface area contributed by atoms with Gasteiger partial charge in [-0.15, -0.1) is 0 Å².